The molecule has 0 spiro atoms. The number of hydrogen-bond donors (Lipinski definition) is 2. The first-order valence-corrected chi connectivity index (χ1v) is 6.45. The maximum Gasteiger partial charge on any atom is 0.331 e. The molecule has 0 fully saturated rings. The van der Waals surface area contributed by atoms with E-state index in [-0.39, 0.29) is 11.3 Å². The summed E-state index contributed by atoms with van der Waals surface area (Å²) in [6.07, 6.45) is -0.747. The lowest BCUT2D eigenvalue weighted by molar-refractivity contribution is -0.385. The Kier molecular flexibility index (Phi) is 4.87. The molecule has 0 heterocycles. The van der Waals surface area contributed by atoms with E-state index in [4.69, 9.17) is 15.6 Å². The van der Waals surface area contributed by atoms with Gasteiger partial charge in [-0.15, -0.1) is 0 Å². The van der Waals surface area contributed by atoms with Crippen molar-refractivity contribution in [1.29, 1.82) is 0 Å². The minimum absolute atomic E-state index is 0.0124. The Bertz CT molecular complexity index is 608. The molecule has 0 aromatic heterocycles. The van der Waals surface area contributed by atoms with E-state index in [1.54, 1.807) is 20.8 Å². The van der Waals surface area contributed by atoms with Crippen LogP contribution < -0.4 is 5.73 Å². The van der Waals surface area contributed by atoms with Crippen LogP contribution in [0.1, 0.15) is 32.8 Å². The lowest BCUT2D eigenvalue weighted by Crippen LogP contribution is -2.49. The average Bonchev–Trinajstić information content (AvgIpc) is 2.35. The molecule has 0 aliphatic rings. The van der Waals surface area contributed by atoms with Crippen molar-refractivity contribution in [3.8, 4) is 0 Å². The van der Waals surface area contributed by atoms with Gasteiger partial charge in [0.2, 0.25) is 0 Å². The topological polar surface area (TPSA) is 133 Å². The molecule has 8 heteroatoms. The van der Waals surface area contributed by atoms with Gasteiger partial charge in [0.05, 0.1) is 11.3 Å². The summed E-state index contributed by atoms with van der Waals surface area (Å²) in [5.41, 5.74) is 2.80. The SMILES string of the molecule is CC(C)(C)OC(=O)[C@@](N)(CC(=O)O)c1cccc([N+](=O)[O-])c1. The highest BCUT2D eigenvalue weighted by atomic mass is 16.6. The number of benzene rings is 1. The second-order valence-electron chi connectivity index (χ2n) is 5.85. The summed E-state index contributed by atoms with van der Waals surface area (Å²) >= 11 is 0. The fourth-order valence-electron chi connectivity index (χ4n) is 1.80. The van der Waals surface area contributed by atoms with Gasteiger partial charge in [0, 0.05) is 12.1 Å². The maximum absolute atomic E-state index is 12.3. The summed E-state index contributed by atoms with van der Waals surface area (Å²) < 4.78 is 5.16. The van der Waals surface area contributed by atoms with Crippen LogP contribution in [0, 0.1) is 10.1 Å². The highest BCUT2D eigenvalue weighted by molar-refractivity contribution is 5.88. The number of esters is 1. The number of nitro benzene ring substituents is 1. The summed E-state index contributed by atoms with van der Waals surface area (Å²) in [5.74, 6) is -2.28. The van der Waals surface area contributed by atoms with Gasteiger partial charge < -0.3 is 15.6 Å². The number of carbonyl (C=O) groups excluding carboxylic acids is 1. The third kappa shape index (κ3) is 4.26. The van der Waals surface area contributed by atoms with Crippen molar-refractivity contribution in [2.24, 2.45) is 5.73 Å². The lowest BCUT2D eigenvalue weighted by atomic mass is 9.87. The number of aliphatic carboxylic acids is 1. The minimum Gasteiger partial charge on any atom is -0.481 e. The van der Waals surface area contributed by atoms with Gasteiger partial charge in [-0.2, -0.15) is 0 Å². The Balaban J connectivity index is 3.33. The van der Waals surface area contributed by atoms with E-state index in [1.165, 1.54) is 18.2 Å². The van der Waals surface area contributed by atoms with Crippen LogP contribution in [0.5, 0.6) is 0 Å². The van der Waals surface area contributed by atoms with Crippen molar-refractivity contribution in [1.82, 2.24) is 0 Å². The van der Waals surface area contributed by atoms with Crippen molar-refractivity contribution >= 4 is 17.6 Å². The van der Waals surface area contributed by atoms with Gasteiger partial charge >= 0.3 is 11.9 Å². The molecule has 1 atom stereocenters. The first kappa shape index (κ1) is 17.6. The second kappa shape index (κ2) is 6.10. The zero-order valence-electron chi connectivity index (χ0n) is 12.5. The second-order valence-corrected chi connectivity index (χ2v) is 5.85. The third-order valence-corrected chi connectivity index (χ3v) is 2.77. The third-order valence-electron chi connectivity index (χ3n) is 2.77. The smallest absolute Gasteiger partial charge is 0.331 e. The normalized spacial score (nSPS) is 14.0. The van der Waals surface area contributed by atoms with Gasteiger partial charge in [-0.3, -0.25) is 14.9 Å². The molecule has 0 radical (unpaired) electrons. The minimum atomic E-state index is -2.01. The van der Waals surface area contributed by atoms with Crippen LogP contribution in [-0.2, 0) is 19.9 Å². The summed E-state index contributed by atoms with van der Waals surface area (Å²) in [5, 5.41) is 19.8. The number of carbonyl (C=O) groups is 2. The molecule has 0 amide bonds. The van der Waals surface area contributed by atoms with Gasteiger partial charge in [-0.25, -0.2) is 4.79 Å². The van der Waals surface area contributed by atoms with E-state index in [0.29, 0.717) is 0 Å². The van der Waals surface area contributed by atoms with E-state index in [1.807, 2.05) is 0 Å². The monoisotopic (exact) mass is 310 g/mol. The first-order chi connectivity index (χ1) is 9.95. The molecule has 0 saturated heterocycles. The molecule has 0 saturated carbocycles. The highest BCUT2D eigenvalue weighted by Gasteiger charge is 2.42. The van der Waals surface area contributed by atoms with E-state index >= 15 is 0 Å². The average molecular weight is 310 g/mol. The Labute approximate surface area is 127 Å². The number of ether oxygens (including phenoxy) is 1. The number of non-ortho nitro benzene ring substituents is 1. The molecule has 3 N–H and O–H groups in total. The van der Waals surface area contributed by atoms with Crippen molar-refractivity contribution in [2.75, 3.05) is 0 Å². The predicted octanol–water partition coefficient (Wildman–Crippen LogP) is 1.57. The zero-order chi connectivity index (χ0) is 17.1. The fourth-order valence-corrected chi connectivity index (χ4v) is 1.80. The van der Waals surface area contributed by atoms with Crippen LogP contribution >= 0.6 is 0 Å². The highest BCUT2D eigenvalue weighted by Crippen LogP contribution is 2.29. The van der Waals surface area contributed by atoms with E-state index in [9.17, 15) is 19.7 Å². The molecule has 0 unspecified atom stereocenters. The van der Waals surface area contributed by atoms with Crippen LogP contribution in [0.3, 0.4) is 0 Å². The molecule has 8 nitrogen and oxygen atoms in total. The van der Waals surface area contributed by atoms with Gasteiger partial charge in [-0.05, 0) is 26.3 Å². The maximum atomic E-state index is 12.3. The molecule has 0 aliphatic heterocycles. The number of nitro groups is 1. The van der Waals surface area contributed by atoms with Crippen molar-refractivity contribution in [3.63, 3.8) is 0 Å². The molecule has 0 bridgehead atoms. The van der Waals surface area contributed by atoms with E-state index in [2.05, 4.69) is 0 Å². The molecule has 1 aromatic carbocycles. The fraction of sp³-hybridized carbons (Fsp3) is 0.429. The number of nitrogens with two attached hydrogens (primary N) is 1. The Morgan fingerprint density at radius 3 is 2.41 bits per heavy atom. The summed E-state index contributed by atoms with van der Waals surface area (Å²) in [7, 11) is 0. The number of nitrogens with zero attached hydrogens (tertiary/aromatic N) is 1. The molecular weight excluding hydrogens is 292 g/mol. The number of carboxylic acids is 1. The predicted molar refractivity (Wildman–Crippen MR) is 77.1 cm³/mol. The van der Waals surface area contributed by atoms with Crippen LogP contribution in [0.4, 0.5) is 5.69 Å². The van der Waals surface area contributed by atoms with Gasteiger partial charge in [0.1, 0.15) is 5.60 Å². The van der Waals surface area contributed by atoms with Crippen molar-refractivity contribution in [3.05, 3.63) is 39.9 Å². The molecule has 120 valence electrons. The quantitative estimate of drug-likeness (QED) is 0.479. The van der Waals surface area contributed by atoms with Crippen molar-refractivity contribution in [2.45, 2.75) is 38.3 Å². The molecule has 1 aromatic rings. The molecule has 0 aliphatic carbocycles. The number of carboxylic acid groups (broad SMARTS) is 1. The molecule has 1 rings (SSSR count). The van der Waals surface area contributed by atoms with Crippen molar-refractivity contribution < 1.29 is 24.4 Å². The van der Waals surface area contributed by atoms with E-state index in [0.717, 1.165) is 6.07 Å². The van der Waals surface area contributed by atoms with Crippen LogP contribution in [0.25, 0.3) is 0 Å². The van der Waals surface area contributed by atoms with Crippen LogP contribution in [-0.4, -0.2) is 27.6 Å². The lowest BCUT2D eigenvalue weighted by Gasteiger charge is -2.30. The van der Waals surface area contributed by atoms with Crippen LogP contribution in [0.2, 0.25) is 0 Å². The number of hydrogen-bond acceptors (Lipinski definition) is 6. The molecular formula is C14H18N2O6. The van der Waals surface area contributed by atoms with Gasteiger partial charge in [-0.1, -0.05) is 12.1 Å². The summed E-state index contributed by atoms with van der Waals surface area (Å²) in [4.78, 5) is 33.6. The largest absolute Gasteiger partial charge is 0.481 e. The Hall–Kier alpha value is -2.48. The van der Waals surface area contributed by atoms with Gasteiger partial charge in [0.25, 0.3) is 5.69 Å². The standard InChI is InChI=1S/C14H18N2O6/c1-13(2,3)22-12(19)14(15,8-11(17)18)9-5-4-6-10(7-9)16(20)21/h4-7H,8,15H2,1-3H3,(H,17,18)/t14-/m1/s1. The summed E-state index contributed by atoms with van der Waals surface area (Å²) in [6.45, 7) is 4.83. The summed E-state index contributed by atoms with van der Waals surface area (Å²) in [6, 6.07) is 4.99. The Morgan fingerprint density at radius 2 is 1.95 bits per heavy atom. The molecule has 22 heavy (non-hydrogen) atoms. The van der Waals surface area contributed by atoms with Crippen LogP contribution in [0.15, 0.2) is 24.3 Å². The first-order valence-electron chi connectivity index (χ1n) is 6.45. The number of rotatable bonds is 5. The zero-order valence-corrected chi connectivity index (χ0v) is 12.5. The Morgan fingerprint density at radius 1 is 1.36 bits per heavy atom. The van der Waals surface area contributed by atoms with E-state index < -0.39 is 34.4 Å². The van der Waals surface area contributed by atoms with Gasteiger partial charge in [0.15, 0.2) is 5.54 Å².